The van der Waals surface area contributed by atoms with Crippen molar-refractivity contribution >= 4 is 0 Å². The second kappa shape index (κ2) is 10.6. The van der Waals surface area contributed by atoms with Crippen molar-refractivity contribution in [3.8, 4) is 17.2 Å². The molecule has 0 aliphatic heterocycles. The summed E-state index contributed by atoms with van der Waals surface area (Å²) in [5, 5.41) is 10.2. The standard InChI is InChI=1S/C20H26FNO4/c1-22(13-16-6-8-18(9-7-16)25-11-10-21)14-17(23)15-26-20-5-3-4-19(12-20)24-2/h3-9,12,17,23H,10-11,13-15H2,1-2H3/t17-/m1/s1. The second-order valence-electron chi connectivity index (χ2n) is 6.02. The normalized spacial score (nSPS) is 12.0. The minimum atomic E-state index is -0.613. The van der Waals surface area contributed by atoms with E-state index < -0.39 is 12.8 Å². The third-order valence-corrected chi connectivity index (χ3v) is 3.73. The quantitative estimate of drug-likeness (QED) is 0.665. The maximum absolute atomic E-state index is 12.1. The summed E-state index contributed by atoms with van der Waals surface area (Å²) in [5.41, 5.74) is 1.08. The zero-order valence-electron chi connectivity index (χ0n) is 15.2. The molecule has 0 saturated heterocycles. The highest BCUT2D eigenvalue weighted by molar-refractivity contribution is 5.32. The number of methoxy groups -OCH3 is 1. The Bertz CT molecular complexity index is 651. The van der Waals surface area contributed by atoms with Gasteiger partial charge in [-0.3, -0.25) is 4.90 Å². The molecule has 1 N–H and O–H groups in total. The summed E-state index contributed by atoms with van der Waals surface area (Å²) in [6.45, 7) is 0.927. The van der Waals surface area contributed by atoms with Crippen molar-refractivity contribution in [2.45, 2.75) is 12.6 Å². The third kappa shape index (κ3) is 6.90. The fourth-order valence-electron chi connectivity index (χ4n) is 2.52. The fourth-order valence-corrected chi connectivity index (χ4v) is 2.52. The molecule has 2 aromatic rings. The van der Waals surface area contributed by atoms with E-state index in [0.717, 1.165) is 5.56 Å². The minimum absolute atomic E-state index is 0.0682. The van der Waals surface area contributed by atoms with Gasteiger partial charge in [-0.05, 0) is 36.9 Å². The van der Waals surface area contributed by atoms with Crippen molar-refractivity contribution in [2.24, 2.45) is 0 Å². The molecule has 0 spiro atoms. The maximum Gasteiger partial charge on any atom is 0.123 e. The van der Waals surface area contributed by atoms with Gasteiger partial charge in [0.15, 0.2) is 0 Å². The number of aliphatic hydroxyl groups is 1. The van der Waals surface area contributed by atoms with E-state index in [1.54, 1.807) is 13.2 Å². The lowest BCUT2D eigenvalue weighted by Crippen LogP contribution is -2.32. The van der Waals surface area contributed by atoms with E-state index in [1.807, 2.05) is 54.4 Å². The molecular weight excluding hydrogens is 337 g/mol. The molecule has 0 radical (unpaired) electrons. The Morgan fingerprint density at radius 2 is 1.77 bits per heavy atom. The van der Waals surface area contributed by atoms with Crippen LogP contribution in [0.25, 0.3) is 0 Å². The van der Waals surface area contributed by atoms with Crippen LogP contribution < -0.4 is 14.2 Å². The molecule has 0 unspecified atom stereocenters. The number of nitrogens with zero attached hydrogens (tertiary/aromatic N) is 1. The van der Waals surface area contributed by atoms with E-state index in [1.165, 1.54) is 0 Å². The van der Waals surface area contributed by atoms with Gasteiger partial charge in [-0.25, -0.2) is 4.39 Å². The van der Waals surface area contributed by atoms with E-state index in [4.69, 9.17) is 14.2 Å². The first kappa shape index (κ1) is 20.0. The Hall–Kier alpha value is -2.31. The molecule has 0 aromatic heterocycles. The molecule has 142 valence electrons. The highest BCUT2D eigenvalue weighted by atomic mass is 19.1. The van der Waals surface area contributed by atoms with Crippen LogP contribution in [0.4, 0.5) is 4.39 Å². The summed E-state index contributed by atoms with van der Waals surface area (Å²) in [6, 6.07) is 14.8. The number of rotatable bonds is 11. The van der Waals surface area contributed by atoms with Crippen molar-refractivity contribution in [3.05, 3.63) is 54.1 Å². The van der Waals surface area contributed by atoms with Crippen molar-refractivity contribution in [2.75, 3.05) is 40.6 Å². The Morgan fingerprint density at radius 3 is 2.46 bits per heavy atom. The monoisotopic (exact) mass is 363 g/mol. The molecule has 0 aliphatic carbocycles. The number of hydrogen-bond donors (Lipinski definition) is 1. The number of ether oxygens (including phenoxy) is 3. The van der Waals surface area contributed by atoms with Crippen LogP contribution in [0.2, 0.25) is 0 Å². The fraction of sp³-hybridized carbons (Fsp3) is 0.400. The predicted molar refractivity (Wildman–Crippen MR) is 98.7 cm³/mol. The number of likely N-dealkylation sites (N-methyl/N-ethyl adjacent to an activating group) is 1. The highest BCUT2D eigenvalue weighted by Gasteiger charge is 2.10. The average molecular weight is 363 g/mol. The van der Waals surface area contributed by atoms with Gasteiger partial charge in [-0.2, -0.15) is 0 Å². The lowest BCUT2D eigenvalue weighted by Gasteiger charge is -2.21. The van der Waals surface area contributed by atoms with Gasteiger partial charge in [0, 0.05) is 19.2 Å². The lowest BCUT2D eigenvalue weighted by molar-refractivity contribution is 0.0743. The largest absolute Gasteiger partial charge is 0.497 e. The van der Waals surface area contributed by atoms with E-state index in [-0.39, 0.29) is 13.2 Å². The number of alkyl halides is 1. The zero-order chi connectivity index (χ0) is 18.8. The van der Waals surface area contributed by atoms with Gasteiger partial charge in [-0.1, -0.05) is 18.2 Å². The Morgan fingerprint density at radius 1 is 1.04 bits per heavy atom. The van der Waals surface area contributed by atoms with Crippen LogP contribution in [0.3, 0.4) is 0 Å². The van der Waals surface area contributed by atoms with Crippen LogP contribution in [0.5, 0.6) is 17.2 Å². The Labute approximate surface area is 153 Å². The Balaban J connectivity index is 1.74. The molecular formula is C20H26FNO4. The van der Waals surface area contributed by atoms with Crippen molar-refractivity contribution < 1.29 is 23.7 Å². The van der Waals surface area contributed by atoms with Gasteiger partial charge >= 0.3 is 0 Å². The number of hydrogen-bond acceptors (Lipinski definition) is 5. The number of benzene rings is 2. The van der Waals surface area contributed by atoms with Crippen LogP contribution in [0.1, 0.15) is 5.56 Å². The second-order valence-corrected chi connectivity index (χ2v) is 6.02. The molecule has 1 atom stereocenters. The highest BCUT2D eigenvalue weighted by Crippen LogP contribution is 2.19. The van der Waals surface area contributed by atoms with Crippen LogP contribution in [0.15, 0.2) is 48.5 Å². The van der Waals surface area contributed by atoms with Crippen molar-refractivity contribution in [3.63, 3.8) is 0 Å². The topological polar surface area (TPSA) is 51.2 Å². The van der Waals surface area contributed by atoms with Gasteiger partial charge < -0.3 is 19.3 Å². The molecule has 0 saturated carbocycles. The smallest absolute Gasteiger partial charge is 0.123 e. The molecule has 0 fully saturated rings. The minimum Gasteiger partial charge on any atom is -0.497 e. The van der Waals surface area contributed by atoms with E-state index in [9.17, 15) is 9.50 Å². The average Bonchev–Trinajstić information content (AvgIpc) is 2.66. The zero-order valence-corrected chi connectivity index (χ0v) is 15.2. The molecule has 2 rings (SSSR count). The van der Waals surface area contributed by atoms with Crippen LogP contribution in [0, 0.1) is 0 Å². The van der Waals surface area contributed by atoms with Crippen LogP contribution in [-0.2, 0) is 6.54 Å². The van der Waals surface area contributed by atoms with E-state index >= 15 is 0 Å². The summed E-state index contributed by atoms with van der Waals surface area (Å²) in [7, 11) is 3.53. The molecule has 2 aromatic carbocycles. The van der Waals surface area contributed by atoms with Crippen LogP contribution >= 0.6 is 0 Å². The third-order valence-electron chi connectivity index (χ3n) is 3.73. The number of halogens is 1. The molecule has 5 nitrogen and oxygen atoms in total. The van der Waals surface area contributed by atoms with Gasteiger partial charge in [0.2, 0.25) is 0 Å². The van der Waals surface area contributed by atoms with E-state index in [2.05, 4.69) is 0 Å². The molecule has 0 aliphatic rings. The number of aliphatic hydroxyl groups excluding tert-OH is 1. The summed E-state index contributed by atoms with van der Waals surface area (Å²) >= 11 is 0. The predicted octanol–water partition coefficient (Wildman–Crippen LogP) is 2.92. The summed E-state index contributed by atoms with van der Waals surface area (Å²) in [5.74, 6) is 2.03. The van der Waals surface area contributed by atoms with Crippen molar-refractivity contribution in [1.82, 2.24) is 4.90 Å². The van der Waals surface area contributed by atoms with Gasteiger partial charge in [0.05, 0.1) is 7.11 Å². The molecule has 26 heavy (non-hydrogen) atoms. The molecule has 0 heterocycles. The molecule has 0 amide bonds. The SMILES string of the molecule is COc1cccc(OC[C@H](O)CN(C)Cc2ccc(OCCF)cc2)c1. The Kier molecular flexibility index (Phi) is 8.18. The lowest BCUT2D eigenvalue weighted by atomic mass is 10.2. The summed E-state index contributed by atoms with van der Waals surface area (Å²) in [6.07, 6.45) is -0.613. The first-order valence-electron chi connectivity index (χ1n) is 8.52. The van der Waals surface area contributed by atoms with Gasteiger partial charge in [0.25, 0.3) is 0 Å². The summed E-state index contributed by atoms with van der Waals surface area (Å²) < 4.78 is 28.1. The van der Waals surface area contributed by atoms with Crippen LogP contribution in [-0.4, -0.2) is 56.7 Å². The van der Waals surface area contributed by atoms with Gasteiger partial charge in [-0.15, -0.1) is 0 Å². The first-order chi connectivity index (χ1) is 12.6. The first-order valence-corrected chi connectivity index (χ1v) is 8.52. The molecule has 6 heteroatoms. The van der Waals surface area contributed by atoms with Crippen molar-refractivity contribution in [1.29, 1.82) is 0 Å². The molecule has 0 bridgehead atoms. The van der Waals surface area contributed by atoms with Gasteiger partial charge in [0.1, 0.15) is 43.2 Å². The maximum atomic E-state index is 12.1. The summed E-state index contributed by atoms with van der Waals surface area (Å²) in [4.78, 5) is 2.01. The van der Waals surface area contributed by atoms with E-state index in [0.29, 0.717) is 30.3 Å².